The maximum Gasteiger partial charge on any atom is 0.298 e. The molecule has 5 heteroatoms. The molecule has 4 rings (SSSR count). The molecule has 1 aliphatic heterocycles. The molecule has 20 heavy (non-hydrogen) atoms. The minimum absolute atomic E-state index is 0.406. The van der Waals surface area contributed by atoms with Gasteiger partial charge in [-0.25, -0.2) is 0 Å². The summed E-state index contributed by atoms with van der Waals surface area (Å²) in [4.78, 5) is 6.87. The summed E-state index contributed by atoms with van der Waals surface area (Å²) in [5.41, 5.74) is 1.78. The zero-order valence-electron chi connectivity index (χ0n) is 11.1. The Kier molecular flexibility index (Phi) is 2.69. The molecule has 5 nitrogen and oxygen atoms in total. The summed E-state index contributed by atoms with van der Waals surface area (Å²) >= 11 is 0. The number of fused-ring (bicyclic) bond motifs is 1. The molecule has 0 bridgehead atoms. The molecule has 1 aliphatic rings. The Morgan fingerprint density at radius 2 is 2.20 bits per heavy atom. The van der Waals surface area contributed by atoms with Gasteiger partial charge in [0.1, 0.15) is 5.52 Å². The molecule has 1 atom stereocenters. The molecule has 1 aromatic carbocycles. The lowest BCUT2D eigenvalue weighted by atomic mass is 10.2. The molecule has 0 spiro atoms. The van der Waals surface area contributed by atoms with Crippen molar-refractivity contribution in [3.05, 3.63) is 42.7 Å². The van der Waals surface area contributed by atoms with Gasteiger partial charge in [-0.3, -0.25) is 4.68 Å². The van der Waals surface area contributed by atoms with Crippen molar-refractivity contribution in [2.45, 2.75) is 25.4 Å². The maximum atomic E-state index is 5.89. The second-order valence-electron chi connectivity index (χ2n) is 5.18. The second-order valence-corrected chi connectivity index (χ2v) is 5.18. The number of aromatic nitrogens is 3. The minimum atomic E-state index is 0.406. The zero-order valence-corrected chi connectivity index (χ0v) is 11.1. The fraction of sp³-hybridized carbons (Fsp3) is 0.333. The Hall–Kier alpha value is -2.30. The first-order chi connectivity index (χ1) is 9.90. The molecular weight excluding hydrogens is 252 g/mol. The fourth-order valence-electron chi connectivity index (χ4n) is 2.88. The van der Waals surface area contributed by atoms with E-state index in [1.54, 1.807) is 0 Å². The molecule has 0 amide bonds. The number of nitrogens with zero attached hydrogens (tertiary/aromatic N) is 4. The van der Waals surface area contributed by atoms with Gasteiger partial charge in [-0.15, -0.1) is 0 Å². The van der Waals surface area contributed by atoms with Gasteiger partial charge in [-0.05, 0) is 31.0 Å². The SMILES string of the molecule is c1ccc2oc(N3CCC[C@H]3Cn3cccn3)nc2c1. The standard InChI is InChI=1S/C15H16N4O/c1-2-7-14-13(6-1)17-15(20-14)19-10-3-5-12(19)11-18-9-4-8-16-18/h1-2,4,6-9,12H,3,5,10-11H2/t12-/m0/s1. The van der Waals surface area contributed by atoms with E-state index in [2.05, 4.69) is 15.0 Å². The van der Waals surface area contributed by atoms with Crippen LogP contribution in [-0.2, 0) is 6.54 Å². The predicted octanol–water partition coefficient (Wildman–Crippen LogP) is 2.69. The van der Waals surface area contributed by atoms with Gasteiger partial charge < -0.3 is 9.32 Å². The quantitative estimate of drug-likeness (QED) is 0.732. The highest BCUT2D eigenvalue weighted by molar-refractivity contribution is 5.74. The van der Waals surface area contributed by atoms with E-state index in [-0.39, 0.29) is 0 Å². The highest BCUT2D eigenvalue weighted by Crippen LogP contribution is 2.28. The van der Waals surface area contributed by atoms with Gasteiger partial charge in [0.25, 0.3) is 6.01 Å². The van der Waals surface area contributed by atoms with E-state index < -0.39 is 0 Å². The largest absolute Gasteiger partial charge is 0.423 e. The highest BCUT2D eigenvalue weighted by Gasteiger charge is 2.28. The molecule has 3 aromatic rings. The van der Waals surface area contributed by atoms with Gasteiger partial charge >= 0.3 is 0 Å². The van der Waals surface area contributed by atoms with Crippen LogP contribution in [0.5, 0.6) is 0 Å². The number of para-hydroxylation sites is 2. The lowest BCUT2D eigenvalue weighted by molar-refractivity contribution is 0.479. The van der Waals surface area contributed by atoms with Crippen molar-refractivity contribution >= 4 is 17.1 Å². The van der Waals surface area contributed by atoms with Crippen molar-refractivity contribution in [1.29, 1.82) is 0 Å². The van der Waals surface area contributed by atoms with Crippen LogP contribution < -0.4 is 4.90 Å². The van der Waals surface area contributed by atoms with Gasteiger partial charge in [0, 0.05) is 18.9 Å². The van der Waals surface area contributed by atoms with E-state index in [9.17, 15) is 0 Å². The van der Waals surface area contributed by atoms with Gasteiger partial charge in [-0.1, -0.05) is 12.1 Å². The van der Waals surface area contributed by atoms with Crippen LogP contribution in [0.25, 0.3) is 11.1 Å². The Bertz CT molecular complexity index is 671. The highest BCUT2D eigenvalue weighted by atomic mass is 16.4. The van der Waals surface area contributed by atoms with Crippen molar-refractivity contribution in [1.82, 2.24) is 14.8 Å². The van der Waals surface area contributed by atoms with Crippen LogP contribution in [0.3, 0.4) is 0 Å². The lowest BCUT2D eigenvalue weighted by Crippen LogP contribution is -2.33. The summed E-state index contributed by atoms with van der Waals surface area (Å²) in [5.74, 6) is 0. The van der Waals surface area contributed by atoms with E-state index >= 15 is 0 Å². The smallest absolute Gasteiger partial charge is 0.298 e. The molecule has 0 radical (unpaired) electrons. The fourth-order valence-corrected chi connectivity index (χ4v) is 2.88. The molecule has 2 aromatic heterocycles. The Labute approximate surface area is 116 Å². The monoisotopic (exact) mass is 268 g/mol. The van der Waals surface area contributed by atoms with Crippen molar-refractivity contribution in [2.24, 2.45) is 0 Å². The van der Waals surface area contributed by atoms with Crippen LogP contribution in [0.1, 0.15) is 12.8 Å². The number of hydrogen-bond acceptors (Lipinski definition) is 4. The molecule has 0 N–H and O–H groups in total. The summed E-state index contributed by atoms with van der Waals surface area (Å²) in [7, 11) is 0. The van der Waals surface area contributed by atoms with Crippen LogP contribution in [0.4, 0.5) is 6.01 Å². The zero-order chi connectivity index (χ0) is 13.4. The Morgan fingerprint density at radius 1 is 1.25 bits per heavy atom. The molecule has 0 aliphatic carbocycles. The number of hydrogen-bond donors (Lipinski definition) is 0. The third-order valence-electron chi connectivity index (χ3n) is 3.86. The summed E-state index contributed by atoms with van der Waals surface area (Å²) in [6.45, 7) is 1.88. The van der Waals surface area contributed by atoms with Crippen molar-refractivity contribution in [3.8, 4) is 0 Å². The normalized spacial score (nSPS) is 19.0. The van der Waals surface area contributed by atoms with E-state index in [0.717, 1.165) is 36.6 Å². The summed E-state index contributed by atoms with van der Waals surface area (Å²) in [6, 6.07) is 11.0. The van der Waals surface area contributed by atoms with Gasteiger partial charge in [0.2, 0.25) is 0 Å². The average molecular weight is 268 g/mol. The molecular formula is C15H16N4O. The van der Waals surface area contributed by atoms with Gasteiger partial charge in [-0.2, -0.15) is 10.1 Å². The molecule has 1 fully saturated rings. The molecule has 0 saturated carbocycles. The third kappa shape index (κ3) is 1.95. The summed E-state index contributed by atoms with van der Waals surface area (Å²) in [6.07, 6.45) is 6.14. The molecule has 1 saturated heterocycles. The van der Waals surface area contributed by atoms with E-state index in [1.807, 2.05) is 47.4 Å². The molecule has 3 heterocycles. The number of rotatable bonds is 3. The van der Waals surface area contributed by atoms with Crippen molar-refractivity contribution < 1.29 is 4.42 Å². The third-order valence-corrected chi connectivity index (χ3v) is 3.86. The van der Waals surface area contributed by atoms with Crippen LogP contribution in [-0.4, -0.2) is 27.4 Å². The van der Waals surface area contributed by atoms with Crippen LogP contribution in [0, 0.1) is 0 Å². The van der Waals surface area contributed by atoms with Crippen molar-refractivity contribution in [3.63, 3.8) is 0 Å². The van der Waals surface area contributed by atoms with E-state index in [4.69, 9.17) is 4.42 Å². The number of anilines is 1. The predicted molar refractivity (Wildman–Crippen MR) is 76.6 cm³/mol. The lowest BCUT2D eigenvalue weighted by Gasteiger charge is -2.22. The Balaban J connectivity index is 1.62. The maximum absolute atomic E-state index is 5.89. The first-order valence-corrected chi connectivity index (χ1v) is 7.00. The number of oxazole rings is 1. The topological polar surface area (TPSA) is 47.1 Å². The van der Waals surface area contributed by atoms with Gasteiger partial charge in [0.05, 0.1) is 12.6 Å². The average Bonchev–Trinajstić information content (AvgIpc) is 3.18. The van der Waals surface area contributed by atoms with Crippen LogP contribution in [0.2, 0.25) is 0 Å². The van der Waals surface area contributed by atoms with E-state index in [1.165, 1.54) is 6.42 Å². The Morgan fingerprint density at radius 3 is 3.05 bits per heavy atom. The summed E-state index contributed by atoms with van der Waals surface area (Å²) < 4.78 is 7.86. The molecule has 0 unspecified atom stereocenters. The van der Waals surface area contributed by atoms with E-state index in [0.29, 0.717) is 6.04 Å². The first-order valence-electron chi connectivity index (χ1n) is 7.00. The van der Waals surface area contributed by atoms with Gasteiger partial charge in [0.15, 0.2) is 5.58 Å². The number of benzene rings is 1. The minimum Gasteiger partial charge on any atom is -0.423 e. The molecule has 102 valence electrons. The van der Waals surface area contributed by atoms with Crippen LogP contribution >= 0.6 is 0 Å². The van der Waals surface area contributed by atoms with Crippen molar-refractivity contribution in [2.75, 3.05) is 11.4 Å². The summed E-state index contributed by atoms with van der Waals surface area (Å²) in [5, 5.41) is 4.29. The first kappa shape index (κ1) is 11.5. The van der Waals surface area contributed by atoms with Crippen LogP contribution in [0.15, 0.2) is 47.1 Å². The second kappa shape index (κ2) is 4.67.